The number of hydrogen-bond donors (Lipinski definition) is 2. The van der Waals surface area contributed by atoms with Crippen molar-refractivity contribution >= 4 is 23.4 Å². The van der Waals surface area contributed by atoms with Gasteiger partial charge in [0.2, 0.25) is 11.8 Å². The van der Waals surface area contributed by atoms with Crippen LogP contribution < -0.4 is 25.2 Å². The van der Waals surface area contributed by atoms with Crippen molar-refractivity contribution < 1.29 is 23.9 Å². The van der Waals surface area contributed by atoms with Crippen LogP contribution in [0.4, 0.5) is 5.69 Å². The summed E-state index contributed by atoms with van der Waals surface area (Å²) in [7, 11) is 1.51. The van der Waals surface area contributed by atoms with Crippen molar-refractivity contribution in [3.05, 3.63) is 54.1 Å². The number of ether oxygens (including phenoxy) is 2. The average Bonchev–Trinajstić information content (AvgIpc) is 3.14. The molecular weight excluding hydrogens is 374 g/mol. The zero-order valence-electron chi connectivity index (χ0n) is 16.3. The van der Waals surface area contributed by atoms with Crippen molar-refractivity contribution in [2.24, 2.45) is 5.92 Å². The first-order valence-electron chi connectivity index (χ1n) is 9.29. The molecule has 0 radical (unpaired) electrons. The first kappa shape index (κ1) is 20.2. The van der Waals surface area contributed by atoms with E-state index >= 15 is 0 Å². The van der Waals surface area contributed by atoms with Gasteiger partial charge in [-0.05, 0) is 49.4 Å². The summed E-state index contributed by atoms with van der Waals surface area (Å²) in [5, 5.41) is 0. The van der Waals surface area contributed by atoms with Gasteiger partial charge in [0.25, 0.3) is 5.91 Å². The minimum absolute atomic E-state index is 0.0775. The van der Waals surface area contributed by atoms with Gasteiger partial charge < -0.3 is 14.4 Å². The van der Waals surface area contributed by atoms with Crippen molar-refractivity contribution in [3.8, 4) is 11.5 Å². The monoisotopic (exact) mass is 397 g/mol. The van der Waals surface area contributed by atoms with Crippen LogP contribution >= 0.6 is 0 Å². The summed E-state index contributed by atoms with van der Waals surface area (Å²) < 4.78 is 10.5. The maximum atomic E-state index is 12.4. The Labute approximate surface area is 168 Å². The zero-order valence-corrected chi connectivity index (χ0v) is 16.3. The number of nitrogens with zero attached hydrogens (tertiary/aromatic N) is 1. The fraction of sp³-hybridized carbons (Fsp3) is 0.286. The van der Waals surface area contributed by atoms with E-state index in [4.69, 9.17) is 9.47 Å². The summed E-state index contributed by atoms with van der Waals surface area (Å²) in [5.41, 5.74) is 5.83. The molecule has 0 aliphatic carbocycles. The maximum Gasteiger partial charge on any atom is 0.269 e. The van der Waals surface area contributed by atoms with Crippen LogP contribution in [0.2, 0.25) is 0 Å². The molecule has 8 nitrogen and oxygen atoms in total. The third-order valence-corrected chi connectivity index (χ3v) is 4.59. The van der Waals surface area contributed by atoms with E-state index in [2.05, 4.69) is 10.9 Å². The van der Waals surface area contributed by atoms with E-state index in [0.29, 0.717) is 23.6 Å². The fourth-order valence-electron chi connectivity index (χ4n) is 3.08. The van der Waals surface area contributed by atoms with Gasteiger partial charge in [0, 0.05) is 24.2 Å². The number of carbonyl (C=O) groups is 3. The molecule has 1 heterocycles. The van der Waals surface area contributed by atoms with Crippen LogP contribution in [0, 0.1) is 5.92 Å². The third kappa shape index (κ3) is 4.84. The molecule has 0 aromatic heterocycles. The summed E-state index contributed by atoms with van der Waals surface area (Å²) in [6, 6.07) is 13.7. The normalized spacial score (nSPS) is 15.7. The summed E-state index contributed by atoms with van der Waals surface area (Å²) >= 11 is 0. The van der Waals surface area contributed by atoms with Gasteiger partial charge in [-0.1, -0.05) is 6.07 Å². The van der Waals surface area contributed by atoms with Gasteiger partial charge >= 0.3 is 0 Å². The van der Waals surface area contributed by atoms with Gasteiger partial charge in [-0.15, -0.1) is 0 Å². The van der Waals surface area contributed by atoms with Crippen molar-refractivity contribution in [1.82, 2.24) is 10.9 Å². The highest BCUT2D eigenvalue weighted by Gasteiger charge is 2.35. The summed E-state index contributed by atoms with van der Waals surface area (Å²) in [4.78, 5) is 38.5. The van der Waals surface area contributed by atoms with Gasteiger partial charge in [0.15, 0.2) is 0 Å². The third-order valence-electron chi connectivity index (χ3n) is 4.59. The zero-order chi connectivity index (χ0) is 20.8. The van der Waals surface area contributed by atoms with Crippen molar-refractivity contribution in [2.75, 3.05) is 25.2 Å². The number of methoxy groups -OCH3 is 1. The van der Waals surface area contributed by atoms with Crippen LogP contribution in [0.25, 0.3) is 0 Å². The molecule has 1 atom stereocenters. The predicted octanol–water partition coefficient (Wildman–Crippen LogP) is 1.91. The molecule has 2 N–H and O–H groups in total. The number of anilines is 1. The number of hydrazine groups is 1. The number of nitrogens with one attached hydrogen (secondary N) is 2. The first-order chi connectivity index (χ1) is 14.0. The van der Waals surface area contributed by atoms with Crippen molar-refractivity contribution in [1.29, 1.82) is 0 Å². The quantitative estimate of drug-likeness (QED) is 0.726. The Hall–Kier alpha value is -3.55. The van der Waals surface area contributed by atoms with Gasteiger partial charge in [-0.25, -0.2) is 0 Å². The SMILES string of the molecule is CCOc1ccc(N2C[C@@H](C(=O)NNC(=O)c3cccc(OC)c3)CC2=O)cc1. The van der Waals surface area contributed by atoms with E-state index in [1.807, 2.05) is 6.92 Å². The standard InChI is InChI=1S/C21H23N3O5/c1-3-29-17-9-7-16(8-10-17)24-13-15(12-19(24)25)21(27)23-22-20(26)14-5-4-6-18(11-14)28-2/h4-11,15H,3,12-13H2,1-2H3,(H,22,26)(H,23,27)/t15-/m0/s1. The highest BCUT2D eigenvalue weighted by molar-refractivity contribution is 6.01. The molecule has 1 aliphatic rings. The van der Waals surface area contributed by atoms with Gasteiger partial charge in [-0.2, -0.15) is 0 Å². The van der Waals surface area contributed by atoms with Crippen LogP contribution in [-0.4, -0.2) is 38.0 Å². The molecule has 1 saturated heterocycles. The molecule has 29 heavy (non-hydrogen) atoms. The second-order valence-corrected chi connectivity index (χ2v) is 6.51. The predicted molar refractivity (Wildman–Crippen MR) is 107 cm³/mol. The van der Waals surface area contributed by atoms with Crippen LogP contribution in [0.5, 0.6) is 11.5 Å². The average molecular weight is 397 g/mol. The highest BCUT2D eigenvalue weighted by atomic mass is 16.5. The second kappa shape index (κ2) is 9.09. The summed E-state index contributed by atoms with van der Waals surface area (Å²) in [5.74, 6) is -0.324. The Morgan fingerprint density at radius 3 is 2.55 bits per heavy atom. The molecule has 2 aromatic rings. The molecule has 0 bridgehead atoms. The lowest BCUT2D eigenvalue weighted by atomic mass is 10.1. The van der Waals surface area contributed by atoms with Gasteiger partial charge in [0.1, 0.15) is 11.5 Å². The van der Waals surface area contributed by atoms with Crippen LogP contribution in [0.15, 0.2) is 48.5 Å². The second-order valence-electron chi connectivity index (χ2n) is 6.51. The van der Waals surface area contributed by atoms with Crippen molar-refractivity contribution in [3.63, 3.8) is 0 Å². The molecule has 3 rings (SSSR count). The Balaban J connectivity index is 1.56. The van der Waals surface area contributed by atoms with E-state index in [1.54, 1.807) is 53.4 Å². The highest BCUT2D eigenvalue weighted by Crippen LogP contribution is 2.27. The summed E-state index contributed by atoms with van der Waals surface area (Å²) in [6.45, 7) is 2.70. The molecule has 1 fully saturated rings. The molecule has 152 valence electrons. The number of rotatable bonds is 6. The molecule has 3 amide bonds. The first-order valence-corrected chi connectivity index (χ1v) is 9.29. The van der Waals surface area contributed by atoms with Crippen molar-refractivity contribution in [2.45, 2.75) is 13.3 Å². The Bertz CT molecular complexity index is 897. The Kier molecular flexibility index (Phi) is 6.33. The molecule has 8 heteroatoms. The van der Waals surface area contributed by atoms with Crippen LogP contribution in [0.3, 0.4) is 0 Å². The minimum Gasteiger partial charge on any atom is -0.497 e. The molecule has 1 aliphatic heterocycles. The van der Waals surface area contributed by atoms with E-state index in [9.17, 15) is 14.4 Å². The van der Waals surface area contributed by atoms with E-state index in [0.717, 1.165) is 5.75 Å². The number of hydrogen-bond acceptors (Lipinski definition) is 5. The number of carbonyl (C=O) groups excluding carboxylic acids is 3. The van der Waals surface area contributed by atoms with E-state index < -0.39 is 17.7 Å². The minimum atomic E-state index is -0.556. The van der Waals surface area contributed by atoms with Crippen LogP contribution in [0.1, 0.15) is 23.7 Å². The molecule has 0 saturated carbocycles. The van der Waals surface area contributed by atoms with Gasteiger partial charge in [-0.3, -0.25) is 25.2 Å². The molecule has 0 spiro atoms. The number of amides is 3. The Morgan fingerprint density at radius 2 is 1.86 bits per heavy atom. The Morgan fingerprint density at radius 1 is 1.10 bits per heavy atom. The largest absolute Gasteiger partial charge is 0.497 e. The van der Waals surface area contributed by atoms with Gasteiger partial charge in [0.05, 0.1) is 19.6 Å². The summed E-state index contributed by atoms with van der Waals surface area (Å²) in [6.07, 6.45) is 0.0775. The van der Waals surface area contributed by atoms with E-state index in [1.165, 1.54) is 7.11 Å². The van der Waals surface area contributed by atoms with E-state index in [-0.39, 0.29) is 18.9 Å². The lowest BCUT2D eigenvalue weighted by molar-refractivity contribution is -0.126. The smallest absolute Gasteiger partial charge is 0.269 e. The lowest BCUT2D eigenvalue weighted by Crippen LogP contribution is -2.45. The molecular formula is C21H23N3O5. The van der Waals surface area contributed by atoms with Crippen LogP contribution in [-0.2, 0) is 9.59 Å². The maximum absolute atomic E-state index is 12.4. The molecule has 2 aromatic carbocycles. The topological polar surface area (TPSA) is 97.0 Å². The molecule has 0 unspecified atom stereocenters. The number of benzene rings is 2. The fourth-order valence-corrected chi connectivity index (χ4v) is 3.08. The lowest BCUT2D eigenvalue weighted by Gasteiger charge is -2.17.